The van der Waals surface area contributed by atoms with E-state index in [1.165, 1.54) is 0 Å². The number of hydrogen-bond acceptors (Lipinski definition) is 4. The number of benzene rings is 4. The molecule has 0 fully saturated rings. The molecule has 0 unspecified atom stereocenters. The highest BCUT2D eigenvalue weighted by atomic mass is 31.2. The molecule has 0 amide bonds. The zero-order valence-corrected chi connectivity index (χ0v) is 17.1. The average Bonchev–Trinajstić information content (AvgIpc) is 2.72. The molecule has 0 saturated carbocycles. The van der Waals surface area contributed by atoms with E-state index in [1.54, 1.807) is 30.3 Å². The lowest BCUT2D eigenvalue weighted by Gasteiger charge is -2.20. The van der Waals surface area contributed by atoms with Crippen molar-refractivity contribution in [3.8, 4) is 17.2 Å². The molecule has 0 aromatic heterocycles. The molecule has 0 aliphatic heterocycles. The van der Waals surface area contributed by atoms with Gasteiger partial charge in [0.2, 0.25) is 0 Å². The molecule has 5 heteroatoms. The summed E-state index contributed by atoms with van der Waals surface area (Å²) in [6, 6.07) is 27.8. The summed E-state index contributed by atoms with van der Waals surface area (Å²) < 4.78 is 31.1. The zero-order chi connectivity index (χ0) is 20.3. The summed E-state index contributed by atoms with van der Waals surface area (Å²) in [6.45, 7) is 3.94. The Balaban J connectivity index is 1.71. The van der Waals surface area contributed by atoms with Crippen LogP contribution in [0.2, 0.25) is 0 Å². The first-order valence-corrected chi connectivity index (χ1v) is 10.8. The fourth-order valence-corrected chi connectivity index (χ4v) is 4.18. The van der Waals surface area contributed by atoms with E-state index >= 15 is 0 Å². The predicted octanol–water partition coefficient (Wildman–Crippen LogP) is 7.10. The number of hydrogen-bond donors (Lipinski definition) is 0. The summed E-state index contributed by atoms with van der Waals surface area (Å²) in [4.78, 5) is 0. The topological polar surface area (TPSA) is 44.8 Å². The molecule has 4 aromatic rings. The fraction of sp³-hybridized carbons (Fsp3) is 0.0833. The number of phosphoric ester groups is 1. The first kappa shape index (κ1) is 19.1. The van der Waals surface area contributed by atoms with Crippen LogP contribution in [0.5, 0.6) is 17.2 Å². The molecule has 0 spiro atoms. The van der Waals surface area contributed by atoms with E-state index in [0.717, 1.165) is 21.9 Å². The van der Waals surface area contributed by atoms with Gasteiger partial charge in [-0.05, 0) is 49.6 Å². The van der Waals surface area contributed by atoms with Crippen LogP contribution in [-0.2, 0) is 4.57 Å². The third-order valence-corrected chi connectivity index (χ3v) is 5.73. The summed E-state index contributed by atoms with van der Waals surface area (Å²) in [5.41, 5.74) is 2.14. The Kier molecular flexibility index (Phi) is 5.28. The molecule has 4 rings (SSSR count). The first-order chi connectivity index (χ1) is 14.0. The second-order valence-electron chi connectivity index (χ2n) is 6.82. The summed E-state index contributed by atoms with van der Waals surface area (Å²) >= 11 is 0. The maximum atomic E-state index is 13.7. The standard InChI is InChI=1S/C24H21O4P/c1-18-10-14-21(15-11-18)26-29(25,27-22-16-12-19(2)13-17-22)28-24-9-5-7-20-6-3-4-8-23(20)24/h3-17H,1-2H3. The highest BCUT2D eigenvalue weighted by Crippen LogP contribution is 2.50. The van der Waals surface area contributed by atoms with Gasteiger partial charge in [0.15, 0.2) is 0 Å². The number of phosphoric acid groups is 1. The van der Waals surface area contributed by atoms with Gasteiger partial charge < -0.3 is 13.6 Å². The van der Waals surface area contributed by atoms with Crippen molar-refractivity contribution in [2.75, 3.05) is 0 Å². The molecule has 0 atom stereocenters. The van der Waals surface area contributed by atoms with Gasteiger partial charge in [-0.25, -0.2) is 0 Å². The maximum Gasteiger partial charge on any atom is 0.647 e. The van der Waals surface area contributed by atoms with Gasteiger partial charge in [0.05, 0.1) is 0 Å². The quantitative estimate of drug-likeness (QED) is 0.322. The summed E-state index contributed by atoms with van der Waals surface area (Å²) in [7, 11) is -4.02. The molecular formula is C24H21O4P. The lowest BCUT2D eigenvalue weighted by atomic mass is 10.1. The maximum absolute atomic E-state index is 13.7. The average molecular weight is 404 g/mol. The Morgan fingerprint density at radius 1 is 0.586 bits per heavy atom. The molecule has 0 heterocycles. The van der Waals surface area contributed by atoms with Gasteiger partial charge in [-0.2, -0.15) is 4.57 Å². The van der Waals surface area contributed by atoms with E-state index in [0.29, 0.717) is 17.2 Å². The van der Waals surface area contributed by atoms with Crippen LogP contribution >= 0.6 is 7.82 Å². The molecule has 0 aliphatic rings. The minimum absolute atomic E-state index is 0.409. The Hall–Kier alpha value is -3.23. The highest BCUT2D eigenvalue weighted by molar-refractivity contribution is 7.49. The van der Waals surface area contributed by atoms with Crippen LogP contribution in [0.3, 0.4) is 0 Å². The summed E-state index contributed by atoms with van der Waals surface area (Å²) in [5, 5.41) is 1.80. The Morgan fingerprint density at radius 3 is 1.69 bits per heavy atom. The van der Waals surface area contributed by atoms with E-state index in [9.17, 15) is 4.57 Å². The predicted molar refractivity (Wildman–Crippen MR) is 116 cm³/mol. The van der Waals surface area contributed by atoms with Gasteiger partial charge in [0, 0.05) is 5.39 Å². The third kappa shape index (κ3) is 4.61. The third-order valence-electron chi connectivity index (χ3n) is 4.44. The minimum Gasteiger partial charge on any atom is -0.386 e. The van der Waals surface area contributed by atoms with Crippen LogP contribution in [0, 0.1) is 13.8 Å². The molecule has 29 heavy (non-hydrogen) atoms. The monoisotopic (exact) mass is 404 g/mol. The Morgan fingerprint density at radius 2 is 1.10 bits per heavy atom. The van der Waals surface area contributed by atoms with E-state index in [2.05, 4.69) is 0 Å². The largest absolute Gasteiger partial charge is 0.647 e. The zero-order valence-electron chi connectivity index (χ0n) is 16.2. The van der Waals surface area contributed by atoms with Gasteiger partial charge >= 0.3 is 7.82 Å². The molecule has 0 aliphatic carbocycles. The van der Waals surface area contributed by atoms with E-state index in [-0.39, 0.29) is 0 Å². The summed E-state index contributed by atoms with van der Waals surface area (Å²) in [5.74, 6) is 1.25. The van der Waals surface area contributed by atoms with E-state index in [4.69, 9.17) is 13.6 Å². The second kappa shape index (κ2) is 8.02. The lowest BCUT2D eigenvalue weighted by Crippen LogP contribution is -2.08. The molecular weight excluding hydrogens is 383 g/mol. The van der Waals surface area contributed by atoms with Crippen LogP contribution in [0.4, 0.5) is 0 Å². The normalized spacial score (nSPS) is 11.2. The highest BCUT2D eigenvalue weighted by Gasteiger charge is 2.33. The van der Waals surface area contributed by atoms with Crippen molar-refractivity contribution in [1.82, 2.24) is 0 Å². The lowest BCUT2D eigenvalue weighted by molar-refractivity contribution is 0.299. The van der Waals surface area contributed by atoms with Crippen molar-refractivity contribution in [3.63, 3.8) is 0 Å². The second-order valence-corrected chi connectivity index (χ2v) is 8.27. The van der Waals surface area contributed by atoms with Crippen molar-refractivity contribution in [3.05, 3.63) is 102 Å². The van der Waals surface area contributed by atoms with Crippen LogP contribution in [0.25, 0.3) is 10.8 Å². The number of aryl methyl sites for hydroxylation is 2. The van der Waals surface area contributed by atoms with Crippen molar-refractivity contribution < 1.29 is 18.1 Å². The molecule has 146 valence electrons. The van der Waals surface area contributed by atoms with Crippen molar-refractivity contribution in [1.29, 1.82) is 0 Å². The molecule has 0 saturated heterocycles. The molecule has 0 bridgehead atoms. The number of fused-ring (bicyclic) bond motifs is 1. The summed E-state index contributed by atoms with van der Waals surface area (Å²) in [6.07, 6.45) is 0. The smallest absolute Gasteiger partial charge is 0.386 e. The first-order valence-electron chi connectivity index (χ1n) is 9.31. The van der Waals surface area contributed by atoms with Crippen LogP contribution < -0.4 is 13.6 Å². The number of rotatable bonds is 6. The van der Waals surface area contributed by atoms with Gasteiger partial charge in [-0.3, -0.25) is 0 Å². The van der Waals surface area contributed by atoms with Crippen molar-refractivity contribution >= 4 is 18.6 Å². The molecule has 0 N–H and O–H groups in total. The Bertz CT molecular complexity index is 1110. The van der Waals surface area contributed by atoms with Gasteiger partial charge in [0.1, 0.15) is 17.2 Å². The van der Waals surface area contributed by atoms with E-state index < -0.39 is 7.82 Å². The van der Waals surface area contributed by atoms with Gasteiger partial charge in [-0.15, -0.1) is 0 Å². The SMILES string of the molecule is Cc1ccc(OP(=O)(Oc2ccc(C)cc2)Oc2cccc3ccccc23)cc1. The molecule has 4 nitrogen and oxygen atoms in total. The van der Waals surface area contributed by atoms with Crippen molar-refractivity contribution in [2.45, 2.75) is 13.8 Å². The van der Waals surface area contributed by atoms with E-state index in [1.807, 2.05) is 74.5 Å². The van der Waals surface area contributed by atoms with Crippen LogP contribution in [0.1, 0.15) is 11.1 Å². The minimum atomic E-state index is -4.02. The van der Waals surface area contributed by atoms with Crippen LogP contribution in [0.15, 0.2) is 91.0 Å². The molecule has 0 radical (unpaired) electrons. The van der Waals surface area contributed by atoms with Crippen LogP contribution in [-0.4, -0.2) is 0 Å². The van der Waals surface area contributed by atoms with Crippen molar-refractivity contribution in [2.24, 2.45) is 0 Å². The van der Waals surface area contributed by atoms with Gasteiger partial charge in [-0.1, -0.05) is 71.8 Å². The fourth-order valence-electron chi connectivity index (χ4n) is 2.91. The van der Waals surface area contributed by atoms with Gasteiger partial charge in [0.25, 0.3) is 0 Å². The Labute approximate surface area is 170 Å². The molecule has 4 aromatic carbocycles.